The van der Waals surface area contributed by atoms with Crippen molar-refractivity contribution in [3.63, 3.8) is 0 Å². The second kappa shape index (κ2) is 7.80. The summed E-state index contributed by atoms with van der Waals surface area (Å²) in [6.45, 7) is 0. The van der Waals surface area contributed by atoms with Crippen LogP contribution in [0, 0.1) is 10.1 Å². The summed E-state index contributed by atoms with van der Waals surface area (Å²) < 4.78 is 27.0. The van der Waals surface area contributed by atoms with Crippen molar-refractivity contribution in [2.75, 3.05) is 9.62 Å². The highest BCUT2D eigenvalue weighted by atomic mass is 32.2. The quantitative estimate of drug-likeness (QED) is 0.366. The van der Waals surface area contributed by atoms with Crippen LogP contribution in [0.15, 0.2) is 71.9 Å². The van der Waals surface area contributed by atoms with Crippen LogP contribution in [-0.4, -0.2) is 29.7 Å². The molecule has 0 aliphatic rings. The average Bonchev–Trinajstić information content (AvgIpc) is 2.70. The molecule has 1 N–H and O–H groups in total. The van der Waals surface area contributed by atoms with Crippen molar-refractivity contribution in [3.8, 4) is 0 Å². The molecule has 0 radical (unpaired) electrons. The van der Waals surface area contributed by atoms with E-state index in [1.54, 1.807) is 12.1 Å². The van der Waals surface area contributed by atoms with E-state index in [1.807, 2.05) is 0 Å². The third-order valence-electron chi connectivity index (χ3n) is 3.66. The molecule has 11 heteroatoms. The molecule has 142 valence electrons. The first kappa shape index (κ1) is 18.9. The number of benzene rings is 2. The minimum absolute atomic E-state index is 0.0638. The molecule has 3 aromatic rings. The van der Waals surface area contributed by atoms with E-state index in [-0.39, 0.29) is 27.9 Å². The molecule has 0 aliphatic heterocycles. The van der Waals surface area contributed by atoms with E-state index < -0.39 is 14.9 Å². The molecule has 0 atom stereocenters. The van der Waals surface area contributed by atoms with Gasteiger partial charge in [0.25, 0.3) is 15.7 Å². The van der Waals surface area contributed by atoms with Gasteiger partial charge >= 0.3 is 0 Å². The van der Waals surface area contributed by atoms with Crippen molar-refractivity contribution in [1.82, 2.24) is 9.97 Å². The summed E-state index contributed by atoms with van der Waals surface area (Å²) in [4.78, 5) is 30.7. The van der Waals surface area contributed by atoms with Gasteiger partial charge in [0.2, 0.25) is 12.4 Å². The number of sulfonamides is 1. The molecule has 0 saturated carbocycles. The number of carbonyl (C=O) groups is 1. The highest BCUT2D eigenvalue weighted by Crippen LogP contribution is 2.32. The van der Waals surface area contributed by atoms with Crippen molar-refractivity contribution in [1.29, 1.82) is 0 Å². The summed E-state index contributed by atoms with van der Waals surface area (Å²) in [5, 5.41) is 11.2. The van der Waals surface area contributed by atoms with E-state index in [1.165, 1.54) is 54.9 Å². The molecule has 10 nitrogen and oxygen atoms in total. The van der Waals surface area contributed by atoms with Gasteiger partial charge in [-0.05, 0) is 36.4 Å². The van der Waals surface area contributed by atoms with Crippen LogP contribution < -0.4 is 9.62 Å². The second-order valence-electron chi connectivity index (χ2n) is 5.39. The van der Waals surface area contributed by atoms with Crippen LogP contribution in [0.25, 0.3) is 0 Å². The Kier molecular flexibility index (Phi) is 5.27. The smallest absolute Gasteiger partial charge is 0.278 e. The first-order valence-electron chi connectivity index (χ1n) is 7.80. The van der Waals surface area contributed by atoms with E-state index >= 15 is 0 Å². The maximum Gasteiger partial charge on any atom is 0.293 e. The number of nitrogens with zero attached hydrogens (tertiary/aromatic N) is 4. The first-order chi connectivity index (χ1) is 13.4. The molecule has 0 bridgehead atoms. The number of anilines is 3. The van der Waals surface area contributed by atoms with Crippen molar-refractivity contribution < 1.29 is 18.1 Å². The van der Waals surface area contributed by atoms with Crippen LogP contribution in [0.1, 0.15) is 0 Å². The molecule has 1 aromatic heterocycles. The SMILES string of the molecule is O=CN(c1ccc(S(=O)(=O)Nc2ncccn2)cc1)c1ccccc1[N+](=O)[O-]. The fraction of sp³-hybridized carbons (Fsp3) is 0. The lowest BCUT2D eigenvalue weighted by atomic mass is 10.2. The number of amides is 1. The molecule has 0 fully saturated rings. The minimum Gasteiger partial charge on any atom is -0.278 e. The summed E-state index contributed by atoms with van der Waals surface area (Å²) in [5.74, 6) is -0.0824. The number of nitro groups is 1. The minimum atomic E-state index is -3.94. The van der Waals surface area contributed by atoms with Crippen LogP contribution in [0.4, 0.5) is 23.0 Å². The van der Waals surface area contributed by atoms with Crippen LogP contribution in [-0.2, 0) is 14.8 Å². The molecule has 1 heterocycles. The Labute approximate surface area is 159 Å². The number of para-hydroxylation sites is 2. The Balaban J connectivity index is 1.91. The fourth-order valence-electron chi connectivity index (χ4n) is 2.40. The predicted molar refractivity (Wildman–Crippen MR) is 101 cm³/mol. The number of nitrogens with one attached hydrogen (secondary N) is 1. The Morgan fingerprint density at radius 2 is 1.64 bits per heavy atom. The number of hydrogen-bond donors (Lipinski definition) is 1. The van der Waals surface area contributed by atoms with Gasteiger partial charge in [0.15, 0.2) is 0 Å². The predicted octanol–water partition coefficient (Wildman–Crippen LogP) is 2.48. The zero-order valence-corrected chi connectivity index (χ0v) is 15.0. The van der Waals surface area contributed by atoms with Gasteiger partial charge in [-0.25, -0.2) is 23.1 Å². The van der Waals surface area contributed by atoms with Crippen LogP contribution in [0.3, 0.4) is 0 Å². The molecule has 1 amide bonds. The van der Waals surface area contributed by atoms with Gasteiger partial charge in [0.05, 0.1) is 9.82 Å². The standard InChI is InChI=1S/C17H13N5O5S/c23-12-21(15-4-1-2-5-16(15)22(24)25)13-6-8-14(9-7-13)28(26,27)20-17-18-10-3-11-19-17/h1-12H,(H,18,19,20). The van der Waals surface area contributed by atoms with Gasteiger partial charge in [0, 0.05) is 24.1 Å². The summed E-state index contributed by atoms with van der Waals surface area (Å²) in [5.41, 5.74) is 0.0716. The van der Waals surface area contributed by atoms with E-state index in [2.05, 4.69) is 14.7 Å². The monoisotopic (exact) mass is 399 g/mol. The lowest BCUT2D eigenvalue weighted by molar-refractivity contribution is -0.384. The Morgan fingerprint density at radius 3 is 2.25 bits per heavy atom. The number of aromatic nitrogens is 2. The van der Waals surface area contributed by atoms with Crippen molar-refractivity contribution in [3.05, 3.63) is 77.1 Å². The van der Waals surface area contributed by atoms with Crippen molar-refractivity contribution >= 4 is 39.4 Å². The molecular weight excluding hydrogens is 386 g/mol. The summed E-state index contributed by atoms with van der Waals surface area (Å²) in [6, 6.07) is 12.6. The molecular formula is C17H13N5O5S. The van der Waals surface area contributed by atoms with Gasteiger partial charge in [-0.2, -0.15) is 0 Å². The molecule has 0 unspecified atom stereocenters. The largest absolute Gasteiger partial charge is 0.293 e. The van der Waals surface area contributed by atoms with E-state index in [9.17, 15) is 23.3 Å². The summed E-state index contributed by atoms with van der Waals surface area (Å²) >= 11 is 0. The van der Waals surface area contributed by atoms with Crippen molar-refractivity contribution in [2.24, 2.45) is 0 Å². The average molecular weight is 399 g/mol. The lowest BCUT2D eigenvalue weighted by Gasteiger charge is -2.17. The van der Waals surface area contributed by atoms with Gasteiger partial charge in [-0.15, -0.1) is 0 Å². The topological polar surface area (TPSA) is 135 Å². The van der Waals surface area contributed by atoms with E-state index in [0.29, 0.717) is 6.41 Å². The first-order valence-corrected chi connectivity index (χ1v) is 9.28. The maximum atomic E-state index is 12.4. The van der Waals surface area contributed by atoms with Gasteiger partial charge in [0.1, 0.15) is 5.69 Å². The lowest BCUT2D eigenvalue weighted by Crippen LogP contribution is -2.17. The second-order valence-corrected chi connectivity index (χ2v) is 7.08. The van der Waals surface area contributed by atoms with Crippen LogP contribution >= 0.6 is 0 Å². The van der Waals surface area contributed by atoms with E-state index in [4.69, 9.17) is 0 Å². The fourth-order valence-corrected chi connectivity index (χ4v) is 3.35. The number of hydrogen-bond acceptors (Lipinski definition) is 7. The summed E-state index contributed by atoms with van der Waals surface area (Å²) in [7, 11) is -3.94. The highest BCUT2D eigenvalue weighted by Gasteiger charge is 2.21. The number of rotatable bonds is 7. The molecule has 0 saturated heterocycles. The maximum absolute atomic E-state index is 12.4. The third-order valence-corrected chi connectivity index (χ3v) is 5.00. The van der Waals surface area contributed by atoms with Crippen LogP contribution in [0.2, 0.25) is 0 Å². The number of nitro benzene ring substituents is 1. The van der Waals surface area contributed by atoms with Gasteiger partial charge < -0.3 is 0 Å². The van der Waals surface area contributed by atoms with E-state index in [0.717, 1.165) is 4.90 Å². The third kappa shape index (κ3) is 3.94. The Hall–Kier alpha value is -3.86. The van der Waals surface area contributed by atoms with Crippen molar-refractivity contribution in [2.45, 2.75) is 4.90 Å². The highest BCUT2D eigenvalue weighted by molar-refractivity contribution is 7.92. The van der Waals surface area contributed by atoms with Gasteiger partial charge in [-0.3, -0.25) is 19.8 Å². The molecule has 2 aromatic carbocycles. The Bertz CT molecular complexity index is 1100. The number of carbonyl (C=O) groups excluding carboxylic acids is 1. The zero-order valence-electron chi connectivity index (χ0n) is 14.2. The zero-order chi connectivity index (χ0) is 20.1. The van der Waals surface area contributed by atoms with Gasteiger partial charge in [-0.1, -0.05) is 12.1 Å². The molecule has 0 spiro atoms. The molecule has 28 heavy (non-hydrogen) atoms. The molecule has 3 rings (SSSR count). The van der Waals surface area contributed by atoms with Crippen LogP contribution in [0.5, 0.6) is 0 Å². The summed E-state index contributed by atoms with van der Waals surface area (Å²) in [6.07, 6.45) is 3.20. The normalized spacial score (nSPS) is 10.9. The Morgan fingerprint density at radius 1 is 1.00 bits per heavy atom. The molecule has 0 aliphatic carbocycles.